The molecule has 1 aromatic heterocycles. The molecule has 1 heterocycles. The van der Waals surface area contributed by atoms with Gasteiger partial charge >= 0.3 is 100 Å². The number of benzene rings is 5. The number of hydrogen-bond acceptors (Lipinski definition) is 20. The molecule has 0 saturated carbocycles. The molecule has 0 radical (unpaired) electrons. The molecular formula is C33H16N5Na3O16S3. The zero-order valence-electron chi connectivity index (χ0n) is 30.7. The van der Waals surface area contributed by atoms with E-state index in [1.165, 1.54) is 36.4 Å². The van der Waals surface area contributed by atoms with Gasteiger partial charge in [-0.3, -0.25) is 30.1 Å². The third-order valence-electron chi connectivity index (χ3n) is 8.31. The molecule has 0 aliphatic heterocycles. The molecule has 0 spiro atoms. The van der Waals surface area contributed by atoms with Crippen LogP contribution in [0, 0.1) is 20.2 Å². The van der Waals surface area contributed by atoms with Gasteiger partial charge in [0.2, 0.25) is 0 Å². The molecule has 0 atom stereocenters. The van der Waals surface area contributed by atoms with E-state index in [2.05, 4.69) is 24.7 Å². The smallest absolute Gasteiger partial charge is 0.744 e. The fourth-order valence-electron chi connectivity index (χ4n) is 5.91. The van der Waals surface area contributed by atoms with Crippen molar-refractivity contribution in [3.8, 4) is 39.9 Å². The fourth-order valence-corrected chi connectivity index (χ4v) is 7.29. The molecule has 6 aromatic rings. The summed E-state index contributed by atoms with van der Waals surface area (Å²) in [5.41, 5.74) is -4.12. The number of rotatable bonds is 12. The number of ether oxygens (including phenoxy) is 1. The van der Waals surface area contributed by atoms with Crippen LogP contribution in [0.2, 0.25) is 0 Å². The van der Waals surface area contributed by atoms with Crippen molar-refractivity contribution in [2.45, 2.75) is 14.7 Å². The van der Waals surface area contributed by atoms with Gasteiger partial charge < -0.3 is 29.5 Å². The Hall–Kier alpha value is -3.64. The maximum Gasteiger partial charge on any atom is 1.00 e. The quantitative estimate of drug-likeness (QED) is 0.0292. The van der Waals surface area contributed by atoms with Crippen molar-refractivity contribution >= 4 is 71.7 Å². The fraction of sp³-hybridized carbons (Fsp3) is 0. The van der Waals surface area contributed by atoms with Crippen LogP contribution in [0.4, 0.5) is 22.7 Å². The van der Waals surface area contributed by atoms with Gasteiger partial charge in [-0.1, -0.05) is 24.3 Å². The second-order valence-corrected chi connectivity index (χ2v) is 15.2. The van der Waals surface area contributed by atoms with E-state index in [1.807, 2.05) is 0 Å². The van der Waals surface area contributed by atoms with Crippen LogP contribution in [0.15, 0.2) is 99.6 Å². The standard InChI is InChI=1S/C33H19N5O16S3.3Na/c39-25-10-7-16(55-54-53-45)11-21(25)33-35-29-19-3-1-2-4-20(19)32(40)27-22(34-30-23(37(41)42)12-18(57(49,50)51)13-24(30)38(43)44)14-26(31(36-33)28(27)29)52-15-5-8-17(9-6-15)56(46,47)48;;;/h1-14,34,39,45H,(H,46,47,48)(H,49,50,51);;;/q;3*+1/p-3. The predicted octanol–water partition coefficient (Wildman–Crippen LogP) is -4.38. The van der Waals surface area contributed by atoms with Crippen molar-refractivity contribution in [1.29, 1.82) is 0 Å². The predicted molar refractivity (Wildman–Crippen MR) is 189 cm³/mol. The number of fused-ring (bicyclic) bond motifs is 2. The van der Waals surface area contributed by atoms with Crippen molar-refractivity contribution in [3.05, 3.63) is 116 Å². The van der Waals surface area contributed by atoms with Gasteiger partial charge in [-0.05, 0) is 42.5 Å². The van der Waals surface area contributed by atoms with Crippen LogP contribution < -0.4 is 104 Å². The Kier molecular flexibility index (Phi) is 15.7. The summed E-state index contributed by atoms with van der Waals surface area (Å²) < 4.78 is 80.7. The van der Waals surface area contributed by atoms with Crippen LogP contribution in [0.3, 0.4) is 0 Å². The summed E-state index contributed by atoms with van der Waals surface area (Å²) in [4.78, 5) is 44.0. The van der Waals surface area contributed by atoms with E-state index < -0.39 is 68.4 Å². The first-order valence-corrected chi connectivity index (χ1v) is 18.9. The van der Waals surface area contributed by atoms with Crippen LogP contribution in [-0.4, -0.2) is 56.6 Å². The zero-order valence-corrected chi connectivity index (χ0v) is 39.1. The molecule has 290 valence electrons. The molecule has 1 aliphatic carbocycles. The SMILES string of the molecule is O=C1c2ccccc2-c2nc(-c3cc(SOO[O-])ccc3O)nc3c(Oc4ccc(S(=O)(=O)[O-])cc4)cc(Nc4c([N+](=O)[O-])cc(S(=O)(=O)[O-])cc4[N+](=O)[O-])c1c23.[Na+].[Na+].[Na+]. The molecule has 0 saturated heterocycles. The second kappa shape index (κ2) is 19.2. The van der Waals surface area contributed by atoms with E-state index in [4.69, 9.17) is 4.74 Å². The van der Waals surface area contributed by atoms with Crippen LogP contribution in [0.5, 0.6) is 17.2 Å². The van der Waals surface area contributed by atoms with E-state index in [-0.39, 0.29) is 155 Å². The number of carbonyl (C=O) groups is 1. The van der Waals surface area contributed by atoms with E-state index in [0.29, 0.717) is 24.2 Å². The first-order valence-electron chi connectivity index (χ1n) is 15.4. The number of anilines is 2. The van der Waals surface area contributed by atoms with Crippen LogP contribution in [0.25, 0.3) is 33.5 Å². The number of nitro groups is 2. The Balaban J connectivity index is 0.00000265. The molecule has 60 heavy (non-hydrogen) atoms. The minimum atomic E-state index is -5.46. The number of carbonyl (C=O) groups excluding carboxylic acids is 1. The van der Waals surface area contributed by atoms with Gasteiger partial charge in [0, 0.05) is 39.6 Å². The van der Waals surface area contributed by atoms with Gasteiger partial charge in [0.15, 0.2) is 23.0 Å². The van der Waals surface area contributed by atoms with Crippen molar-refractivity contribution < 1.29 is 154 Å². The summed E-state index contributed by atoms with van der Waals surface area (Å²) in [6, 6.07) is 15.7. The minimum Gasteiger partial charge on any atom is -0.744 e. The zero-order chi connectivity index (χ0) is 41.0. The first-order chi connectivity index (χ1) is 27.0. The van der Waals surface area contributed by atoms with Crippen LogP contribution in [-0.2, 0) is 29.6 Å². The van der Waals surface area contributed by atoms with Gasteiger partial charge in [-0.15, -0.1) is 0 Å². The number of hydrogen-bond donors (Lipinski definition) is 2. The molecule has 0 fully saturated rings. The Morgan fingerprint density at radius 1 is 0.750 bits per heavy atom. The van der Waals surface area contributed by atoms with E-state index >= 15 is 0 Å². The monoisotopic (exact) mass is 903 g/mol. The third-order valence-corrected chi connectivity index (χ3v) is 10.5. The largest absolute Gasteiger partial charge is 1.00 e. The van der Waals surface area contributed by atoms with Gasteiger partial charge in [0.25, 0.3) is 0 Å². The molecule has 0 bridgehead atoms. The number of phenolic OH excluding ortho intramolecular Hbond substituents is 1. The Labute approximate surface area is 407 Å². The molecule has 21 nitrogen and oxygen atoms in total. The van der Waals surface area contributed by atoms with Crippen LogP contribution >= 0.6 is 12.0 Å². The van der Waals surface area contributed by atoms with E-state index in [1.54, 1.807) is 6.07 Å². The van der Waals surface area contributed by atoms with Gasteiger partial charge in [0.1, 0.15) is 37.3 Å². The van der Waals surface area contributed by atoms with E-state index in [9.17, 15) is 61.3 Å². The third kappa shape index (κ3) is 9.69. The van der Waals surface area contributed by atoms with Gasteiger partial charge in [-0.2, -0.15) is 4.33 Å². The van der Waals surface area contributed by atoms with Gasteiger partial charge in [0.05, 0.1) is 54.2 Å². The number of ketones is 1. The molecule has 7 rings (SSSR count). The number of nitro benzene ring substituents is 2. The Bertz CT molecular complexity index is 2930. The van der Waals surface area contributed by atoms with Crippen molar-refractivity contribution in [1.82, 2.24) is 9.97 Å². The number of aromatic hydroxyl groups is 1. The number of nitrogens with one attached hydrogen (secondary N) is 1. The van der Waals surface area contributed by atoms with Crippen molar-refractivity contribution in [2.24, 2.45) is 0 Å². The molecular weight excluding hydrogens is 888 g/mol. The Morgan fingerprint density at radius 3 is 1.92 bits per heavy atom. The molecule has 0 amide bonds. The molecule has 2 N–H and O–H groups in total. The van der Waals surface area contributed by atoms with Gasteiger partial charge in [-0.25, -0.2) is 26.8 Å². The normalized spacial score (nSPS) is 11.7. The summed E-state index contributed by atoms with van der Waals surface area (Å²) in [5.74, 6) is -1.77. The minimum absolute atomic E-state index is 0. The first kappa shape index (κ1) is 49.0. The second-order valence-electron chi connectivity index (χ2n) is 11.6. The summed E-state index contributed by atoms with van der Waals surface area (Å²) in [5, 5.41) is 51.7. The number of aromatic nitrogens is 2. The molecule has 27 heteroatoms. The summed E-state index contributed by atoms with van der Waals surface area (Å²) in [6.45, 7) is 0. The summed E-state index contributed by atoms with van der Waals surface area (Å²) in [7, 11) is -10.4. The van der Waals surface area contributed by atoms with Crippen molar-refractivity contribution in [2.75, 3.05) is 5.32 Å². The van der Waals surface area contributed by atoms with Crippen molar-refractivity contribution in [3.63, 3.8) is 0 Å². The van der Waals surface area contributed by atoms with E-state index in [0.717, 1.165) is 30.3 Å². The number of nitrogens with zero attached hydrogens (tertiary/aromatic N) is 4. The topological polar surface area (TPSA) is 327 Å². The molecule has 0 unspecified atom stereocenters. The maximum absolute atomic E-state index is 14.4. The van der Waals surface area contributed by atoms with Crippen LogP contribution in [0.1, 0.15) is 15.9 Å². The average Bonchev–Trinajstić information content (AvgIpc) is 3.16. The molecule has 5 aromatic carbocycles. The maximum atomic E-state index is 14.4. The Morgan fingerprint density at radius 2 is 1.35 bits per heavy atom. The average molecular weight is 904 g/mol. The number of phenols is 1. The summed E-state index contributed by atoms with van der Waals surface area (Å²) in [6.07, 6.45) is 0. The molecule has 1 aliphatic rings. The summed E-state index contributed by atoms with van der Waals surface area (Å²) >= 11 is 0.482.